The van der Waals surface area contributed by atoms with Gasteiger partial charge in [-0.2, -0.15) is 0 Å². The summed E-state index contributed by atoms with van der Waals surface area (Å²) in [7, 11) is 0. The molecule has 0 saturated heterocycles. The van der Waals surface area contributed by atoms with Gasteiger partial charge in [0.15, 0.2) is 5.76 Å². The Morgan fingerprint density at radius 3 is 2.75 bits per heavy atom. The van der Waals surface area contributed by atoms with Crippen LogP contribution in [-0.2, 0) is 0 Å². The molecular weight excluding hydrogens is 210 g/mol. The van der Waals surface area contributed by atoms with Crippen LogP contribution in [0.2, 0.25) is 0 Å². The number of hydrogen-bond donors (Lipinski definition) is 2. The highest BCUT2D eigenvalue weighted by atomic mass is 16.4. The fourth-order valence-corrected chi connectivity index (χ4v) is 1.59. The summed E-state index contributed by atoms with van der Waals surface area (Å²) in [5.74, 6) is -0.823. The maximum absolute atomic E-state index is 11.5. The lowest BCUT2D eigenvalue weighted by Crippen LogP contribution is -2.31. The Labute approximate surface area is 92.4 Å². The third-order valence-corrected chi connectivity index (χ3v) is 2.85. The molecule has 16 heavy (non-hydrogen) atoms. The highest BCUT2D eigenvalue weighted by molar-refractivity contribution is 5.95. The Morgan fingerprint density at radius 1 is 1.50 bits per heavy atom. The summed E-state index contributed by atoms with van der Waals surface area (Å²) in [5.41, 5.74) is -0.00575. The molecule has 1 aromatic heterocycles. The van der Waals surface area contributed by atoms with E-state index in [4.69, 9.17) is 9.52 Å². The van der Waals surface area contributed by atoms with E-state index < -0.39 is 5.97 Å². The van der Waals surface area contributed by atoms with Gasteiger partial charge in [-0.05, 0) is 18.8 Å². The predicted molar refractivity (Wildman–Crippen MR) is 55.3 cm³/mol. The first-order chi connectivity index (χ1) is 7.66. The molecule has 5 heteroatoms. The van der Waals surface area contributed by atoms with E-state index >= 15 is 0 Å². The maximum atomic E-state index is 11.5. The fraction of sp³-hybridized carbons (Fsp3) is 0.455. The van der Waals surface area contributed by atoms with Crippen LogP contribution in [0.25, 0.3) is 0 Å². The third kappa shape index (κ3) is 2.24. The van der Waals surface area contributed by atoms with Crippen molar-refractivity contribution in [1.82, 2.24) is 5.32 Å². The zero-order valence-electron chi connectivity index (χ0n) is 8.73. The van der Waals surface area contributed by atoms with E-state index in [-0.39, 0.29) is 17.2 Å². The van der Waals surface area contributed by atoms with Crippen LogP contribution >= 0.6 is 0 Å². The molecule has 0 unspecified atom stereocenters. The molecule has 0 radical (unpaired) electrons. The van der Waals surface area contributed by atoms with Crippen LogP contribution in [0, 0.1) is 5.92 Å². The Kier molecular flexibility index (Phi) is 2.94. The van der Waals surface area contributed by atoms with Gasteiger partial charge in [-0.3, -0.25) is 4.79 Å². The number of aromatic carboxylic acids is 1. The smallest absolute Gasteiger partial charge is 0.338 e. The Hall–Kier alpha value is -1.78. The quantitative estimate of drug-likeness (QED) is 0.810. The second-order valence-electron chi connectivity index (χ2n) is 4.01. The number of nitrogens with one attached hydrogen (secondary N) is 1. The summed E-state index contributed by atoms with van der Waals surface area (Å²) < 4.78 is 4.88. The van der Waals surface area contributed by atoms with Crippen LogP contribution in [0.3, 0.4) is 0 Å². The minimum absolute atomic E-state index is 0.00575. The van der Waals surface area contributed by atoms with Crippen molar-refractivity contribution in [2.75, 3.05) is 6.54 Å². The van der Waals surface area contributed by atoms with E-state index in [1.807, 2.05) is 0 Å². The van der Waals surface area contributed by atoms with Gasteiger partial charge in [0.1, 0.15) is 6.26 Å². The molecule has 0 atom stereocenters. The largest absolute Gasteiger partial charge is 0.478 e. The van der Waals surface area contributed by atoms with Crippen LogP contribution < -0.4 is 5.32 Å². The molecule has 0 spiro atoms. The van der Waals surface area contributed by atoms with Crippen molar-refractivity contribution >= 4 is 11.9 Å². The minimum Gasteiger partial charge on any atom is -0.478 e. The summed E-state index contributed by atoms with van der Waals surface area (Å²) in [6.07, 6.45) is 4.60. The molecule has 1 heterocycles. The van der Waals surface area contributed by atoms with Gasteiger partial charge in [0.25, 0.3) is 5.91 Å². The van der Waals surface area contributed by atoms with Crippen LogP contribution in [0.4, 0.5) is 0 Å². The average Bonchev–Trinajstić information content (AvgIpc) is 2.63. The number of hydrogen-bond acceptors (Lipinski definition) is 3. The maximum Gasteiger partial charge on any atom is 0.338 e. The molecule has 1 aliphatic carbocycles. The van der Waals surface area contributed by atoms with Crippen molar-refractivity contribution < 1.29 is 19.1 Å². The molecule has 1 amide bonds. The first-order valence-corrected chi connectivity index (χ1v) is 5.27. The molecule has 0 bridgehead atoms. The number of rotatable bonds is 4. The highest BCUT2D eigenvalue weighted by Crippen LogP contribution is 2.25. The number of furan rings is 1. The number of carbonyl (C=O) groups is 2. The van der Waals surface area contributed by atoms with Gasteiger partial charge in [-0.25, -0.2) is 4.79 Å². The molecule has 2 N–H and O–H groups in total. The zero-order valence-corrected chi connectivity index (χ0v) is 8.73. The molecule has 0 aliphatic heterocycles. The fourth-order valence-electron chi connectivity index (χ4n) is 1.59. The lowest BCUT2D eigenvalue weighted by atomic mass is 9.85. The molecular formula is C11H13NO4. The molecule has 1 fully saturated rings. The molecule has 1 aromatic rings. The Balaban J connectivity index is 1.89. The van der Waals surface area contributed by atoms with Gasteiger partial charge >= 0.3 is 5.97 Å². The van der Waals surface area contributed by atoms with Crippen molar-refractivity contribution in [3.8, 4) is 0 Å². The summed E-state index contributed by atoms with van der Waals surface area (Å²) in [5, 5.41) is 11.4. The molecule has 1 aliphatic rings. The second kappa shape index (κ2) is 4.38. The van der Waals surface area contributed by atoms with Crippen molar-refractivity contribution in [2.45, 2.75) is 19.3 Å². The van der Waals surface area contributed by atoms with Crippen LogP contribution in [0.15, 0.2) is 16.7 Å². The predicted octanol–water partition coefficient (Wildman–Crippen LogP) is 1.51. The standard InChI is InChI=1S/C11H13NO4/c13-10(12-5-7-2-1-3-7)9-4-8(6-16-9)11(14)15/h4,6-7H,1-3,5H2,(H,12,13)(H,14,15). The number of amides is 1. The van der Waals surface area contributed by atoms with Gasteiger partial charge in [0, 0.05) is 12.6 Å². The monoisotopic (exact) mass is 223 g/mol. The highest BCUT2D eigenvalue weighted by Gasteiger charge is 2.20. The minimum atomic E-state index is -1.10. The molecule has 1 saturated carbocycles. The Morgan fingerprint density at radius 2 is 2.25 bits per heavy atom. The lowest BCUT2D eigenvalue weighted by Gasteiger charge is -2.24. The lowest BCUT2D eigenvalue weighted by molar-refractivity contribution is 0.0696. The van der Waals surface area contributed by atoms with E-state index in [0.29, 0.717) is 12.5 Å². The van der Waals surface area contributed by atoms with Crippen molar-refractivity contribution in [3.63, 3.8) is 0 Å². The molecule has 5 nitrogen and oxygen atoms in total. The van der Waals surface area contributed by atoms with E-state index in [0.717, 1.165) is 19.1 Å². The average molecular weight is 223 g/mol. The Bertz CT molecular complexity index is 406. The molecule has 0 aromatic carbocycles. The topological polar surface area (TPSA) is 79.5 Å². The zero-order chi connectivity index (χ0) is 11.5. The summed E-state index contributed by atoms with van der Waals surface area (Å²) in [6, 6.07) is 1.23. The summed E-state index contributed by atoms with van der Waals surface area (Å²) in [6.45, 7) is 0.641. The summed E-state index contributed by atoms with van der Waals surface area (Å²) >= 11 is 0. The number of carbonyl (C=O) groups excluding carboxylic acids is 1. The molecule has 86 valence electrons. The van der Waals surface area contributed by atoms with E-state index in [1.165, 1.54) is 12.5 Å². The van der Waals surface area contributed by atoms with Crippen molar-refractivity contribution in [3.05, 3.63) is 23.7 Å². The van der Waals surface area contributed by atoms with Crippen LogP contribution in [0.5, 0.6) is 0 Å². The first kappa shape index (κ1) is 10.7. The van der Waals surface area contributed by atoms with Gasteiger partial charge in [0.2, 0.25) is 0 Å². The van der Waals surface area contributed by atoms with Crippen molar-refractivity contribution in [2.24, 2.45) is 5.92 Å². The molecule has 2 rings (SSSR count). The van der Waals surface area contributed by atoms with E-state index in [2.05, 4.69) is 5.32 Å². The third-order valence-electron chi connectivity index (χ3n) is 2.85. The number of carboxylic acid groups (broad SMARTS) is 1. The van der Waals surface area contributed by atoms with E-state index in [9.17, 15) is 9.59 Å². The normalized spacial score (nSPS) is 15.5. The van der Waals surface area contributed by atoms with E-state index in [1.54, 1.807) is 0 Å². The number of carboxylic acids is 1. The van der Waals surface area contributed by atoms with Gasteiger partial charge < -0.3 is 14.8 Å². The SMILES string of the molecule is O=C(O)c1coc(C(=O)NCC2CCC2)c1. The first-order valence-electron chi connectivity index (χ1n) is 5.27. The van der Waals surface area contributed by atoms with Crippen molar-refractivity contribution in [1.29, 1.82) is 0 Å². The summed E-state index contributed by atoms with van der Waals surface area (Å²) in [4.78, 5) is 22.1. The van der Waals surface area contributed by atoms with Gasteiger partial charge in [-0.1, -0.05) is 6.42 Å². The van der Waals surface area contributed by atoms with Gasteiger partial charge in [-0.15, -0.1) is 0 Å². The van der Waals surface area contributed by atoms with Gasteiger partial charge in [0.05, 0.1) is 5.56 Å². The van der Waals surface area contributed by atoms with Crippen LogP contribution in [0.1, 0.15) is 40.2 Å². The second-order valence-corrected chi connectivity index (χ2v) is 4.01. The van der Waals surface area contributed by atoms with Crippen LogP contribution in [-0.4, -0.2) is 23.5 Å².